The Bertz CT molecular complexity index is 973. The number of hydrogen-bond donors (Lipinski definition) is 0. The number of aromatic nitrogens is 1. The Morgan fingerprint density at radius 2 is 1.88 bits per heavy atom. The average molecular weight is 362 g/mol. The smallest absolute Gasteiger partial charge is 0.265 e. The van der Waals surface area contributed by atoms with E-state index in [9.17, 15) is 8.42 Å². The minimum absolute atomic E-state index is 0.283. The van der Waals surface area contributed by atoms with Crippen molar-refractivity contribution in [1.82, 2.24) is 5.16 Å². The van der Waals surface area contributed by atoms with E-state index in [2.05, 4.69) is 5.16 Å². The lowest BCUT2D eigenvalue weighted by molar-refractivity contribution is 0.431. The van der Waals surface area contributed by atoms with Crippen LogP contribution < -0.4 is 4.31 Å². The molecule has 0 spiro atoms. The highest BCUT2D eigenvalue weighted by Gasteiger charge is 2.31. The van der Waals surface area contributed by atoms with Gasteiger partial charge in [0.05, 0.1) is 17.4 Å². The van der Waals surface area contributed by atoms with Gasteiger partial charge in [0.1, 0.15) is 4.90 Å². The highest BCUT2D eigenvalue weighted by Crippen LogP contribution is 2.40. The molecule has 0 saturated carbocycles. The van der Waals surface area contributed by atoms with Gasteiger partial charge < -0.3 is 4.52 Å². The van der Waals surface area contributed by atoms with Crippen LogP contribution >= 0.6 is 11.3 Å². The van der Waals surface area contributed by atoms with E-state index < -0.39 is 10.0 Å². The topological polar surface area (TPSA) is 63.4 Å². The minimum atomic E-state index is -3.72. The summed E-state index contributed by atoms with van der Waals surface area (Å²) < 4.78 is 33.1. The SMILES string of the molecule is Cc1cccc(N(C)S(=O)(=O)c2c(C)sc(C)c2-c2ccno2)c1. The summed E-state index contributed by atoms with van der Waals surface area (Å²) in [5, 5.41) is 3.71. The van der Waals surface area contributed by atoms with Gasteiger partial charge in [0.15, 0.2) is 5.76 Å². The van der Waals surface area contributed by atoms with E-state index in [1.807, 2.05) is 39.0 Å². The fourth-order valence-electron chi connectivity index (χ4n) is 2.70. The molecule has 0 N–H and O–H groups in total. The first kappa shape index (κ1) is 16.7. The Labute approximate surface area is 145 Å². The molecule has 0 saturated heterocycles. The third-order valence-electron chi connectivity index (χ3n) is 3.87. The second-order valence-corrected chi connectivity index (χ2v) is 8.94. The second-order valence-electron chi connectivity index (χ2n) is 5.61. The van der Waals surface area contributed by atoms with Crippen molar-refractivity contribution < 1.29 is 12.9 Å². The van der Waals surface area contributed by atoms with E-state index >= 15 is 0 Å². The summed E-state index contributed by atoms with van der Waals surface area (Å²) in [5.41, 5.74) is 2.22. The van der Waals surface area contributed by atoms with E-state index in [1.54, 1.807) is 19.2 Å². The Kier molecular flexibility index (Phi) is 4.23. The standard InChI is InChI=1S/C17H18N2O3S2/c1-11-6-5-7-14(10-11)19(4)24(20,21)17-13(3)23-12(2)16(17)15-8-9-18-22-15/h5-10H,1-4H3. The third-order valence-corrected chi connectivity index (χ3v) is 6.98. The van der Waals surface area contributed by atoms with Crippen LogP contribution in [-0.4, -0.2) is 20.6 Å². The molecule has 0 aliphatic heterocycles. The summed E-state index contributed by atoms with van der Waals surface area (Å²) in [6.45, 7) is 5.64. The number of rotatable bonds is 4. The number of hydrogen-bond acceptors (Lipinski definition) is 5. The van der Waals surface area contributed by atoms with Gasteiger partial charge in [0.2, 0.25) is 0 Å². The van der Waals surface area contributed by atoms with E-state index in [-0.39, 0.29) is 4.90 Å². The summed E-state index contributed by atoms with van der Waals surface area (Å²) in [7, 11) is -2.15. The fourth-order valence-corrected chi connectivity index (χ4v) is 5.71. The molecule has 0 aliphatic carbocycles. The van der Waals surface area contributed by atoms with Crippen LogP contribution in [0.3, 0.4) is 0 Å². The van der Waals surface area contributed by atoms with E-state index in [0.29, 0.717) is 17.0 Å². The van der Waals surface area contributed by atoms with Gasteiger partial charge in [-0.2, -0.15) is 0 Å². The largest absolute Gasteiger partial charge is 0.356 e. The van der Waals surface area contributed by atoms with Crippen LogP contribution in [0.2, 0.25) is 0 Å². The number of sulfonamides is 1. The monoisotopic (exact) mass is 362 g/mol. The van der Waals surface area contributed by atoms with Gasteiger partial charge in [0, 0.05) is 22.9 Å². The van der Waals surface area contributed by atoms with Crippen LogP contribution in [0.4, 0.5) is 5.69 Å². The first-order valence-electron chi connectivity index (χ1n) is 7.39. The summed E-state index contributed by atoms with van der Waals surface area (Å²) in [6.07, 6.45) is 1.52. The molecule has 126 valence electrons. The van der Waals surface area contributed by atoms with Crippen LogP contribution in [0, 0.1) is 20.8 Å². The number of nitrogens with zero attached hydrogens (tertiary/aromatic N) is 2. The van der Waals surface area contributed by atoms with Crippen LogP contribution in [-0.2, 0) is 10.0 Å². The maximum Gasteiger partial charge on any atom is 0.265 e. The summed E-state index contributed by atoms with van der Waals surface area (Å²) in [6, 6.07) is 9.09. The van der Waals surface area contributed by atoms with Gasteiger partial charge in [-0.1, -0.05) is 17.3 Å². The van der Waals surface area contributed by atoms with Crippen molar-refractivity contribution in [3.63, 3.8) is 0 Å². The quantitative estimate of drug-likeness (QED) is 0.699. The normalized spacial score (nSPS) is 11.7. The van der Waals surface area contributed by atoms with Crippen molar-refractivity contribution in [2.75, 3.05) is 11.4 Å². The zero-order chi connectivity index (χ0) is 17.5. The fraction of sp³-hybridized carbons (Fsp3) is 0.235. The van der Waals surface area contributed by atoms with Gasteiger partial charge >= 0.3 is 0 Å². The highest BCUT2D eigenvalue weighted by molar-refractivity contribution is 7.93. The number of thiophene rings is 1. The number of benzene rings is 1. The molecule has 7 heteroatoms. The molecule has 2 aromatic heterocycles. The lowest BCUT2D eigenvalue weighted by Crippen LogP contribution is -2.27. The molecule has 0 atom stereocenters. The van der Waals surface area contributed by atoms with Crippen molar-refractivity contribution in [2.24, 2.45) is 0 Å². The van der Waals surface area contributed by atoms with Gasteiger partial charge in [0.25, 0.3) is 10.0 Å². The maximum atomic E-state index is 13.3. The maximum absolute atomic E-state index is 13.3. The number of anilines is 1. The highest BCUT2D eigenvalue weighted by atomic mass is 32.2. The van der Waals surface area contributed by atoms with Crippen molar-refractivity contribution in [3.8, 4) is 11.3 Å². The van der Waals surface area contributed by atoms with Crippen LogP contribution in [0.5, 0.6) is 0 Å². The minimum Gasteiger partial charge on any atom is -0.356 e. The molecule has 0 radical (unpaired) electrons. The zero-order valence-corrected chi connectivity index (χ0v) is 15.5. The van der Waals surface area contributed by atoms with Gasteiger partial charge in [-0.05, 0) is 38.5 Å². The van der Waals surface area contributed by atoms with Gasteiger partial charge in [-0.15, -0.1) is 11.3 Å². The molecule has 0 amide bonds. The van der Waals surface area contributed by atoms with E-state index in [0.717, 1.165) is 15.3 Å². The zero-order valence-electron chi connectivity index (χ0n) is 13.9. The predicted molar refractivity (Wildman–Crippen MR) is 96.1 cm³/mol. The first-order valence-corrected chi connectivity index (χ1v) is 9.64. The molecule has 3 rings (SSSR count). The third kappa shape index (κ3) is 2.74. The molecule has 3 aromatic rings. The summed E-state index contributed by atoms with van der Waals surface area (Å²) in [4.78, 5) is 1.91. The van der Waals surface area contributed by atoms with Crippen LogP contribution in [0.15, 0.2) is 45.9 Å². The Morgan fingerprint density at radius 3 is 2.50 bits per heavy atom. The molecule has 1 aromatic carbocycles. The predicted octanol–water partition coefficient (Wildman–Crippen LogP) is 4.15. The van der Waals surface area contributed by atoms with Crippen LogP contribution in [0.25, 0.3) is 11.3 Å². The second kappa shape index (κ2) is 6.07. The lowest BCUT2D eigenvalue weighted by Gasteiger charge is -2.20. The Hall–Kier alpha value is -2.12. The molecule has 2 heterocycles. The molecule has 0 unspecified atom stereocenters. The molecule has 24 heavy (non-hydrogen) atoms. The molecule has 0 aliphatic rings. The van der Waals surface area contributed by atoms with Crippen molar-refractivity contribution in [3.05, 3.63) is 51.8 Å². The average Bonchev–Trinajstić information content (AvgIpc) is 3.13. The van der Waals surface area contributed by atoms with E-state index in [4.69, 9.17) is 4.52 Å². The Balaban J connectivity index is 2.18. The first-order chi connectivity index (χ1) is 11.3. The van der Waals surface area contributed by atoms with Gasteiger partial charge in [-0.25, -0.2) is 8.42 Å². The Morgan fingerprint density at radius 1 is 1.12 bits per heavy atom. The van der Waals surface area contributed by atoms with Crippen molar-refractivity contribution >= 4 is 27.0 Å². The summed E-state index contributed by atoms with van der Waals surface area (Å²) in [5.74, 6) is 0.466. The van der Waals surface area contributed by atoms with Crippen molar-refractivity contribution in [2.45, 2.75) is 25.7 Å². The number of aryl methyl sites for hydroxylation is 3. The van der Waals surface area contributed by atoms with Crippen LogP contribution in [0.1, 0.15) is 15.3 Å². The summed E-state index contributed by atoms with van der Waals surface area (Å²) >= 11 is 1.44. The molecular weight excluding hydrogens is 344 g/mol. The van der Waals surface area contributed by atoms with Gasteiger partial charge in [-0.3, -0.25) is 4.31 Å². The molecule has 0 bridgehead atoms. The molecule has 0 fully saturated rings. The molecule has 5 nitrogen and oxygen atoms in total. The lowest BCUT2D eigenvalue weighted by atomic mass is 10.2. The van der Waals surface area contributed by atoms with E-state index in [1.165, 1.54) is 21.8 Å². The van der Waals surface area contributed by atoms with Crippen molar-refractivity contribution in [1.29, 1.82) is 0 Å². The molecular formula is C17H18N2O3S2.